The van der Waals surface area contributed by atoms with Crippen LogP contribution in [-0.4, -0.2) is 22.7 Å². The summed E-state index contributed by atoms with van der Waals surface area (Å²) in [5.74, 6) is -1.36. The zero-order valence-corrected chi connectivity index (χ0v) is 9.76. The molecule has 0 unspecified atom stereocenters. The molecular formula is C12H9F2NO4. The van der Waals surface area contributed by atoms with E-state index in [2.05, 4.69) is 9.72 Å². The van der Waals surface area contributed by atoms with Crippen LogP contribution >= 0.6 is 0 Å². The van der Waals surface area contributed by atoms with Crippen molar-refractivity contribution >= 4 is 5.97 Å². The van der Waals surface area contributed by atoms with Gasteiger partial charge in [0.2, 0.25) is 5.89 Å². The maximum Gasteiger partial charge on any atom is 0.387 e. The van der Waals surface area contributed by atoms with Crippen LogP contribution in [-0.2, 0) is 0 Å². The fourth-order valence-electron chi connectivity index (χ4n) is 1.55. The second-order valence-corrected chi connectivity index (χ2v) is 3.60. The first kappa shape index (κ1) is 13.0. The second-order valence-electron chi connectivity index (χ2n) is 3.60. The van der Waals surface area contributed by atoms with E-state index >= 15 is 0 Å². The molecule has 0 aliphatic rings. The highest BCUT2D eigenvalue weighted by atomic mass is 19.3. The minimum atomic E-state index is -2.99. The molecule has 0 atom stereocenters. The summed E-state index contributed by atoms with van der Waals surface area (Å²) in [5, 5.41) is 8.87. The van der Waals surface area contributed by atoms with Crippen LogP contribution in [0.15, 0.2) is 28.7 Å². The van der Waals surface area contributed by atoms with Gasteiger partial charge in [-0.25, -0.2) is 9.78 Å². The lowest BCUT2D eigenvalue weighted by atomic mass is 10.2. The number of benzene rings is 1. The number of oxazole rings is 1. The van der Waals surface area contributed by atoms with Crippen LogP contribution in [0.1, 0.15) is 16.2 Å². The Morgan fingerprint density at radius 1 is 1.42 bits per heavy atom. The number of alkyl halides is 2. The normalized spacial score (nSPS) is 10.7. The molecule has 100 valence electrons. The molecule has 0 aliphatic carbocycles. The third kappa shape index (κ3) is 2.70. The van der Waals surface area contributed by atoms with E-state index in [9.17, 15) is 13.6 Å². The molecule has 1 aromatic carbocycles. The predicted molar refractivity (Wildman–Crippen MR) is 60.3 cm³/mol. The minimum absolute atomic E-state index is 0.0776. The van der Waals surface area contributed by atoms with E-state index in [0.29, 0.717) is 0 Å². The zero-order chi connectivity index (χ0) is 14.0. The summed E-state index contributed by atoms with van der Waals surface area (Å²) in [4.78, 5) is 14.6. The summed E-state index contributed by atoms with van der Waals surface area (Å²) >= 11 is 0. The lowest BCUT2D eigenvalue weighted by Gasteiger charge is -2.07. The quantitative estimate of drug-likeness (QED) is 0.923. The molecule has 2 rings (SSSR count). The van der Waals surface area contributed by atoms with Gasteiger partial charge in [0.1, 0.15) is 11.5 Å². The summed E-state index contributed by atoms with van der Waals surface area (Å²) < 4.78 is 34.0. The topological polar surface area (TPSA) is 72.6 Å². The smallest absolute Gasteiger partial charge is 0.387 e. The first-order valence-corrected chi connectivity index (χ1v) is 5.24. The van der Waals surface area contributed by atoms with Crippen LogP contribution in [0.25, 0.3) is 11.5 Å². The Morgan fingerprint density at radius 3 is 2.68 bits per heavy atom. The highest BCUT2D eigenvalue weighted by molar-refractivity contribution is 5.87. The van der Waals surface area contributed by atoms with Gasteiger partial charge in [0.15, 0.2) is 5.69 Å². The van der Waals surface area contributed by atoms with E-state index in [1.165, 1.54) is 25.1 Å². The van der Waals surface area contributed by atoms with Gasteiger partial charge >= 0.3 is 12.6 Å². The highest BCUT2D eigenvalue weighted by Gasteiger charge is 2.20. The van der Waals surface area contributed by atoms with E-state index in [4.69, 9.17) is 9.52 Å². The molecule has 1 N–H and O–H groups in total. The third-order valence-electron chi connectivity index (χ3n) is 2.33. The van der Waals surface area contributed by atoms with E-state index in [1.807, 2.05) is 0 Å². The number of aromatic nitrogens is 1. The highest BCUT2D eigenvalue weighted by Crippen LogP contribution is 2.31. The number of hydrogen-bond acceptors (Lipinski definition) is 4. The van der Waals surface area contributed by atoms with Crippen molar-refractivity contribution < 1.29 is 27.8 Å². The maximum absolute atomic E-state index is 12.3. The van der Waals surface area contributed by atoms with Crippen LogP contribution < -0.4 is 4.74 Å². The number of aromatic carboxylic acids is 1. The van der Waals surface area contributed by atoms with Crippen molar-refractivity contribution in [1.82, 2.24) is 4.98 Å². The van der Waals surface area contributed by atoms with Crippen LogP contribution in [0, 0.1) is 6.92 Å². The summed E-state index contributed by atoms with van der Waals surface area (Å²) in [7, 11) is 0. The van der Waals surface area contributed by atoms with Crippen LogP contribution in [0.3, 0.4) is 0 Å². The van der Waals surface area contributed by atoms with Crippen molar-refractivity contribution in [3.8, 4) is 17.2 Å². The molecule has 19 heavy (non-hydrogen) atoms. The van der Waals surface area contributed by atoms with Gasteiger partial charge in [-0.05, 0) is 19.1 Å². The van der Waals surface area contributed by atoms with E-state index in [-0.39, 0.29) is 28.7 Å². The second kappa shape index (κ2) is 5.05. The molecule has 0 bridgehead atoms. The largest absolute Gasteiger partial charge is 0.476 e. The number of aryl methyl sites for hydroxylation is 1. The number of ether oxygens (including phenoxy) is 1. The molecule has 5 nitrogen and oxygen atoms in total. The van der Waals surface area contributed by atoms with Gasteiger partial charge < -0.3 is 14.3 Å². The summed E-state index contributed by atoms with van der Waals surface area (Å²) in [6, 6.07) is 5.86. The fourth-order valence-corrected chi connectivity index (χ4v) is 1.55. The third-order valence-corrected chi connectivity index (χ3v) is 2.33. The molecule has 0 saturated heterocycles. The average Bonchev–Trinajstić information content (AvgIpc) is 2.71. The first-order chi connectivity index (χ1) is 8.99. The molecule has 0 spiro atoms. The molecule has 0 saturated carbocycles. The molecule has 2 aromatic rings. The first-order valence-electron chi connectivity index (χ1n) is 5.24. The number of halogens is 2. The Bertz CT molecular complexity index is 610. The van der Waals surface area contributed by atoms with E-state index in [1.54, 1.807) is 6.07 Å². The molecule has 0 aliphatic heterocycles. The Balaban J connectivity index is 2.47. The number of carbonyl (C=O) groups is 1. The van der Waals surface area contributed by atoms with Crippen molar-refractivity contribution in [3.05, 3.63) is 35.7 Å². The van der Waals surface area contributed by atoms with Gasteiger partial charge in [0.05, 0.1) is 5.56 Å². The summed E-state index contributed by atoms with van der Waals surface area (Å²) in [6.07, 6.45) is 0. The fraction of sp³-hybridized carbons (Fsp3) is 0.167. The van der Waals surface area contributed by atoms with Gasteiger partial charge in [-0.15, -0.1) is 0 Å². The van der Waals surface area contributed by atoms with Crippen LogP contribution in [0.5, 0.6) is 5.75 Å². The molecular weight excluding hydrogens is 260 g/mol. The molecule has 1 heterocycles. The maximum atomic E-state index is 12.3. The Morgan fingerprint density at radius 2 is 2.11 bits per heavy atom. The van der Waals surface area contributed by atoms with Crippen molar-refractivity contribution in [2.24, 2.45) is 0 Å². The van der Waals surface area contributed by atoms with Crippen LogP contribution in [0.2, 0.25) is 0 Å². The van der Waals surface area contributed by atoms with Crippen molar-refractivity contribution in [1.29, 1.82) is 0 Å². The van der Waals surface area contributed by atoms with Gasteiger partial charge in [-0.2, -0.15) is 8.78 Å². The molecule has 7 heteroatoms. The zero-order valence-electron chi connectivity index (χ0n) is 9.76. The Labute approximate surface area is 106 Å². The van der Waals surface area contributed by atoms with Gasteiger partial charge in [-0.3, -0.25) is 0 Å². The average molecular weight is 269 g/mol. The van der Waals surface area contributed by atoms with Gasteiger partial charge in [0, 0.05) is 0 Å². The lowest BCUT2D eigenvalue weighted by molar-refractivity contribution is -0.0495. The van der Waals surface area contributed by atoms with Crippen LogP contribution in [0.4, 0.5) is 8.78 Å². The Hall–Kier alpha value is -2.44. The predicted octanol–water partition coefficient (Wildman–Crippen LogP) is 2.95. The van der Waals surface area contributed by atoms with Crippen molar-refractivity contribution in [3.63, 3.8) is 0 Å². The minimum Gasteiger partial charge on any atom is -0.476 e. The van der Waals surface area contributed by atoms with Gasteiger partial charge in [-0.1, -0.05) is 12.1 Å². The van der Waals surface area contributed by atoms with E-state index < -0.39 is 12.6 Å². The van der Waals surface area contributed by atoms with E-state index in [0.717, 1.165) is 0 Å². The summed E-state index contributed by atoms with van der Waals surface area (Å²) in [5.41, 5.74) is -0.0970. The van der Waals surface area contributed by atoms with Gasteiger partial charge in [0.25, 0.3) is 0 Å². The Kier molecular flexibility index (Phi) is 3.46. The number of rotatable bonds is 4. The van der Waals surface area contributed by atoms with Crippen molar-refractivity contribution in [2.45, 2.75) is 13.5 Å². The molecule has 0 radical (unpaired) electrons. The standard InChI is InChI=1S/C12H9F2NO4/c1-6-9(11(16)17)15-10(18-6)7-4-2-3-5-8(7)19-12(13)14/h2-5,12H,1H3,(H,16,17). The lowest BCUT2D eigenvalue weighted by Crippen LogP contribution is -2.03. The monoisotopic (exact) mass is 269 g/mol. The number of carboxylic acids is 1. The molecule has 1 aromatic heterocycles. The van der Waals surface area contributed by atoms with Crippen molar-refractivity contribution in [2.75, 3.05) is 0 Å². The summed E-state index contributed by atoms with van der Waals surface area (Å²) in [6.45, 7) is -1.56. The molecule has 0 amide bonds. The number of carboxylic acid groups (broad SMARTS) is 1. The SMILES string of the molecule is Cc1oc(-c2ccccc2OC(F)F)nc1C(=O)O. The number of para-hydroxylation sites is 1. The number of hydrogen-bond donors (Lipinski definition) is 1. The molecule has 0 fully saturated rings. The number of nitrogens with zero attached hydrogens (tertiary/aromatic N) is 1.